The van der Waals surface area contributed by atoms with E-state index >= 15 is 0 Å². The Morgan fingerprint density at radius 3 is 2.40 bits per heavy atom. The van der Waals surface area contributed by atoms with Crippen LogP contribution in [0.15, 0.2) is 30.3 Å². The van der Waals surface area contributed by atoms with Crippen LogP contribution in [0, 0.1) is 12.8 Å². The Hall–Kier alpha value is -1.14. The number of carbonyl (C=O) groups is 1. The normalized spacial score (nSPS) is 15.9. The number of nitrogens with two attached hydrogens (primary N) is 1. The van der Waals surface area contributed by atoms with Gasteiger partial charge in [-0.15, -0.1) is 36.2 Å². The molecule has 1 unspecified atom stereocenters. The molecule has 2 N–H and O–H groups in total. The quantitative estimate of drug-likeness (QED) is 0.839. The van der Waals surface area contributed by atoms with E-state index in [1.54, 1.807) is 0 Å². The molecule has 2 aromatic rings. The van der Waals surface area contributed by atoms with Gasteiger partial charge in [0, 0.05) is 24.7 Å². The van der Waals surface area contributed by atoms with Gasteiger partial charge in [0.25, 0.3) is 5.91 Å². The van der Waals surface area contributed by atoms with Gasteiger partial charge in [-0.2, -0.15) is 0 Å². The fourth-order valence-electron chi connectivity index (χ4n) is 3.07. The second-order valence-corrected chi connectivity index (χ2v) is 7.29. The number of amides is 1. The summed E-state index contributed by atoms with van der Waals surface area (Å²) in [6, 6.07) is 10.2. The van der Waals surface area contributed by atoms with E-state index in [1.807, 2.05) is 42.2 Å². The van der Waals surface area contributed by atoms with Crippen molar-refractivity contribution in [3.8, 4) is 10.6 Å². The number of thiazole rings is 1. The van der Waals surface area contributed by atoms with E-state index in [4.69, 9.17) is 5.73 Å². The number of nitrogens with zero attached hydrogens (tertiary/aromatic N) is 2. The fraction of sp³-hybridized carbons (Fsp3) is 0.444. The Morgan fingerprint density at radius 1 is 1.24 bits per heavy atom. The lowest BCUT2D eigenvalue weighted by molar-refractivity contribution is 0.0685. The van der Waals surface area contributed by atoms with E-state index in [-0.39, 0.29) is 36.8 Å². The van der Waals surface area contributed by atoms with Crippen LogP contribution in [-0.2, 0) is 0 Å². The molecule has 1 saturated heterocycles. The van der Waals surface area contributed by atoms with Crippen LogP contribution in [0.5, 0.6) is 0 Å². The first kappa shape index (κ1) is 21.9. The number of halogens is 2. The Bertz CT molecular complexity index is 683. The van der Waals surface area contributed by atoms with Crippen molar-refractivity contribution in [1.82, 2.24) is 9.88 Å². The summed E-state index contributed by atoms with van der Waals surface area (Å²) in [5, 5.41) is 0.914. The highest BCUT2D eigenvalue weighted by Gasteiger charge is 2.27. The maximum Gasteiger partial charge on any atom is 0.265 e. The van der Waals surface area contributed by atoms with Gasteiger partial charge in [-0.25, -0.2) is 4.98 Å². The summed E-state index contributed by atoms with van der Waals surface area (Å²) < 4.78 is 0. The van der Waals surface area contributed by atoms with Gasteiger partial charge in [-0.05, 0) is 32.6 Å². The highest BCUT2D eigenvalue weighted by Crippen LogP contribution is 2.30. The summed E-state index contributed by atoms with van der Waals surface area (Å²) in [5.41, 5.74) is 7.87. The summed E-state index contributed by atoms with van der Waals surface area (Å²) in [4.78, 5) is 20.1. The van der Waals surface area contributed by atoms with E-state index in [9.17, 15) is 4.79 Å². The molecule has 1 aliphatic rings. The summed E-state index contributed by atoms with van der Waals surface area (Å²) in [5.74, 6) is 0.645. The van der Waals surface area contributed by atoms with Crippen molar-refractivity contribution in [1.29, 1.82) is 0 Å². The molecule has 1 aromatic carbocycles. The van der Waals surface area contributed by atoms with Crippen LogP contribution in [-0.4, -0.2) is 34.9 Å². The molecule has 1 aliphatic heterocycles. The molecule has 7 heteroatoms. The molecule has 0 saturated carbocycles. The third kappa shape index (κ3) is 4.94. The smallest absolute Gasteiger partial charge is 0.265 e. The first-order valence-electron chi connectivity index (χ1n) is 8.14. The number of likely N-dealkylation sites (tertiary alicyclic amines) is 1. The number of carbonyl (C=O) groups excluding carboxylic acids is 1. The zero-order valence-electron chi connectivity index (χ0n) is 14.5. The van der Waals surface area contributed by atoms with E-state index in [1.165, 1.54) is 11.3 Å². The van der Waals surface area contributed by atoms with E-state index < -0.39 is 0 Å². The molecular formula is C18H25Cl2N3OS. The standard InChI is InChI=1S/C18H23N3OS.2ClH/c1-12(19)14-8-10-21(11-9-14)18(22)16-13(2)20-17(23-16)15-6-4-3-5-7-15;;/h3-7,12,14H,8-11,19H2,1-2H3;2*1H. The molecule has 2 heterocycles. The van der Waals surface area contributed by atoms with Crippen molar-refractivity contribution in [2.24, 2.45) is 11.7 Å². The summed E-state index contributed by atoms with van der Waals surface area (Å²) in [6.07, 6.45) is 1.99. The molecule has 0 aliphatic carbocycles. The molecular weight excluding hydrogens is 377 g/mol. The molecule has 25 heavy (non-hydrogen) atoms. The third-order valence-electron chi connectivity index (χ3n) is 4.58. The number of aryl methyl sites for hydroxylation is 1. The molecule has 0 bridgehead atoms. The first-order chi connectivity index (χ1) is 11.1. The summed E-state index contributed by atoms with van der Waals surface area (Å²) in [6.45, 7) is 5.57. The van der Waals surface area contributed by atoms with E-state index in [0.29, 0.717) is 5.92 Å². The van der Waals surface area contributed by atoms with E-state index in [0.717, 1.165) is 47.1 Å². The Kier molecular flexibility index (Phi) is 8.35. The molecule has 1 fully saturated rings. The fourth-order valence-corrected chi connectivity index (χ4v) is 4.11. The minimum Gasteiger partial charge on any atom is -0.338 e. The zero-order valence-corrected chi connectivity index (χ0v) is 16.9. The van der Waals surface area contributed by atoms with Gasteiger partial charge in [0.05, 0.1) is 5.69 Å². The number of hydrogen-bond acceptors (Lipinski definition) is 4. The number of piperidine rings is 1. The molecule has 4 nitrogen and oxygen atoms in total. The van der Waals surface area contributed by atoms with Crippen molar-refractivity contribution >= 4 is 42.1 Å². The van der Waals surface area contributed by atoms with Gasteiger partial charge in [0.1, 0.15) is 9.88 Å². The molecule has 3 rings (SSSR count). The number of benzene rings is 1. The second-order valence-electron chi connectivity index (χ2n) is 6.29. The average Bonchev–Trinajstić information content (AvgIpc) is 2.97. The number of hydrogen-bond donors (Lipinski definition) is 1. The molecule has 1 amide bonds. The molecule has 1 aromatic heterocycles. The van der Waals surface area contributed by atoms with Crippen LogP contribution in [0.2, 0.25) is 0 Å². The lowest BCUT2D eigenvalue weighted by Gasteiger charge is -2.33. The van der Waals surface area contributed by atoms with Crippen LogP contribution < -0.4 is 5.73 Å². The predicted octanol–water partition coefficient (Wildman–Crippen LogP) is 4.16. The SMILES string of the molecule is Cc1nc(-c2ccccc2)sc1C(=O)N1CCC(C(C)N)CC1.Cl.Cl. The summed E-state index contributed by atoms with van der Waals surface area (Å²) in [7, 11) is 0. The minimum atomic E-state index is 0. The number of rotatable bonds is 3. The van der Waals surface area contributed by atoms with Gasteiger partial charge in [0.15, 0.2) is 0 Å². The summed E-state index contributed by atoms with van der Waals surface area (Å²) >= 11 is 1.49. The minimum absolute atomic E-state index is 0. The van der Waals surface area contributed by atoms with Gasteiger partial charge in [-0.1, -0.05) is 30.3 Å². The molecule has 1 atom stereocenters. The molecule has 138 valence electrons. The Balaban J connectivity index is 0.00000156. The van der Waals surface area contributed by atoms with Gasteiger partial charge in [0.2, 0.25) is 0 Å². The van der Waals surface area contributed by atoms with Crippen LogP contribution >= 0.6 is 36.2 Å². The van der Waals surface area contributed by atoms with Gasteiger partial charge >= 0.3 is 0 Å². The maximum absolute atomic E-state index is 12.8. The van der Waals surface area contributed by atoms with Gasteiger partial charge < -0.3 is 10.6 Å². The monoisotopic (exact) mass is 401 g/mol. The van der Waals surface area contributed by atoms with Crippen molar-refractivity contribution in [2.75, 3.05) is 13.1 Å². The first-order valence-corrected chi connectivity index (χ1v) is 8.95. The Morgan fingerprint density at radius 2 is 1.84 bits per heavy atom. The maximum atomic E-state index is 12.8. The van der Waals surface area contributed by atoms with Crippen LogP contribution in [0.1, 0.15) is 35.1 Å². The molecule has 0 radical (unpaired) electrons. The largest absolute Gasteiger partial charge is 0.338 e. The zero-order chi connectivity index (χ0) is 16.4. The van der Waals surface area contributed by atoms with Gasteiger partial charge in [-0.3, -0.25) is 4.79 Å². The van der Waals surface area contributed by atoms with Crippen LogP contribution in [0.4, 0.5) is 0 Å². The predicted molar refractivity (Wildman–Crippen MR) is 109 cm³/mol. The van der Waals surface area contributed by atoms with Crippen LogP contribution in [0.3, 0.4) is 0 Å². The highest BCUT2D eigenvalue weighted by atomic mass is 35.5. The van der Waals surface area contributed by atoms with Crippen LogP contribution in [0.25, 0.3) is 10.6 Å². The highest BCUT2D eigenvalue weighted by molar-refractivity contribution is 7.17. The lowest BCUT2D eigenvalue weighted by atomic mass is 9.91. The van der Waals surface area contributed by atoms with E-state index in [2.05, 4.69) is 11.9 Å². The average molecular weight is 402 g/mol. The van der Waals surface area contributed by atoms with Crippen molar-refractivity contribution in [3.05, 3.63) is 40.9 Å². The van der Waals surface area contributed by atoms with Crippen molar-refractivity contribution in [3.63, 3.8) is 0 Å². The number of aromatic nitrogens is 1. The Labute approximate surface area is 165 Å². The second kappa shape index (κ2) is 9.53. The molecule has 0 spiro atoms. The van der Waals surface area contributed by atoms with Crippen molar-refractivity contribution < 1.29 is 4.79 Å². The lowest BCUT2D eigenvalue weighted by Crippen LogP contribution is -2.42. The topological polar surface area (TPSA) is 59.2 Å². The van der Waals surface area contributed by atoms with Crippen molar-refractivity contribution in [2.45, 2.75) is 32.7 Å². The third-order valence-corrected chi connectivity index (χ3v) is 5.78.